The standard InChI is InChI=1S/C12H13BrFN5O2/c1-2-5-15-11-10(18-21-19-11)12(17-20)16-7-3-4-9(14)8(13)6-7/h3-4,6,20H,2,5H2,1H3,(H,15,19)(H,16,17). The maximum atomic E-state index is 13.2. The number of aromatic nitrogens is 2. The van der Waals surface area contributed by atoms with Gasteiger partial charge in [0.05, 0.1) is 10.2 Å². The molecule has 7 nitrogen and oxygen atoms in total. The summed E-state index contributed by atoms with van der Waals surface area (Å²) in [6.45, 7) is 2.66. The molecule has 1 aromatic heterocycles. The Kier molecular flexibility index (Phi) is 5.23. The first-order valence-corrected chi connectivity index (χ1v) is 6.95. The Morgan fingerprint density at radius 3 is 2.95 bits per heavy atom. The van der Waals surface area contributed by atoms with Crippen molar-refractivity contribution in [3.8, 4) is 0 Å². The molecule has 112 valence electrons. The van der Waals surface area contributed by atoms with Crippen LogP contribution in [0.2, 0.25) is 0 Å². The Morgan fingerprint density at radius 1 is 1.48 bits per heavy atom. The lowest BCUT2D eigenvalue weighted by Crippen LogP contribution is -2.22. The van der Waals surface area contributed by atoms with Crippen LogP contribution in [0.5, 0.6) is 0 Å². The smallest absolute Gasteiger partial charge is 0.202 e. The lowest BCUT2D eigenvalue weighted by Gasteiger charge is -2.04. The second-order valence-electron chi connectivity index (χ2n) is 4.06. The Bertz CT molecular complexity index is 646. The molecule has 21 heavy (non-hydrogen) atoms. The van der Waals surface area contributed by atoms with Crippen molar-refractivity contribution >= 4 is 33.3 Å². The summed E-state index contributed by atoms with van der Waals surface area (Å²) in [5.41, 5.74) is 2.59. The number of amidine groups is 1. The zero-order chi connectivity index (χ0) is 15.2. The Morgan fingerprint density at radius 2 is 2.29 bits per heavy atom. The van der Waals surface area contributed by atoms with Crippen LogP contribution in [0.4, 0.5) is 15.9 Å². The first-order chi connectivity index (χ1) is 10.2. The van der Waals surface area contributed by atoms with Crippen molar-refractivity contribution in [1.82, 2.24) is 15.8 Å². The average Bonchev–Trinajstić information content (AvgIpc) is 2.94. The zero-order valence-corrected chi connectivity index (χ0v) is 12.7. The van der Waals surface area contributed by atoms with E-state index in [9.17, 15) is 9.60 Å². The van der Waals surface area contributed by atoms with Crippen molar-refractivity contribution in [3.63, 3.8) is 0 Å². The average molecular weight is 358 g/mol. The van der Waals surface area contributed by atoms with Crippen LogP contribution in [-0.2, 0) is 0 Å². The van der Waals surface area contributed by atoms with E-state index in [1.807, 2.05) is 12.4 Å². The molecule has 0 spiro atoms. The third kappa shape index (κ3) is 3.76. The molecule has 2 aromatic rings. The maximum Gasteiger partial charge on any atom is 0.202 e. The Labute approximate surface area is 128 Å². The molecule has 1 heterocycles. The third-order valence-corrected chi connectivity index (χ3v) is 3.11. The van der Waals surface area contributed by atoms with Crippen LogP contribution in [-0.4, -0.2) is 27.9 Å². The van der Waals surface area contributed by atoms with Crippen molar-refractivity contribution in [1.29, 1.82) is 0 Å². The highest BCUT2D eigenvalue weighted by Crippen LogP contribution is 2.23. The largest absolute Gasteiger partial charge is 0.365 e. The molecule has 0 unspecified atom stereocenters. The molecular formula is C12H13BrFN5O2. The van der Waals surface area contributed by atoms with E-state index in [0.29, 0.717) is 18.1 Å². The quantitative estimate of drug-likeness (QED) is 0.432. The van der Waals surface area contributed by atoms with Gasteiger partial charge in [-0.1, -0.05) is 6.92 Å². The van der Waals surface area contributed by atoms with Gasteiger partial charge in [-0.2, -0.15) is 0 Å². The van der Waals surface area contributed by atoms with E-state index in [1.165, 1.54) is 18.2 Å². The summed E-state index contributed by atoms with van der Waals surface area (Å²) in [7, 11) is 0. The van der Waals surface area contributed by atoms with Crippen LogP contribution in [0.15, 0.2) is 32.3 Å². The third-order valence-electron chi connectivity index (χ3n) is 2.51. The van der Waals surface area contributed by atoms with Crippen molar-refractivity contribution in [3.05, 3.63) is 34.2 Å². The van der Waals surface area contributed by atoms with Gasteiger partial charge in [0, 0.05) is 6.54 Å². The molecule has 1 aromatic carbocycles. The molecule has 0 bridgehead atoms. The van der Waals surface area contributed by atoms with Crippen molar-refractivity contribution in [2.45, 2.75) is 13.3 Å². The molecule has 0 aliphatic rings. The number of benzene rings is 1. The highest BCUT2D eigenvalue weighted by Gasteiger charge is 2.16. The zero-order valence-electron chi connectivity index (χ0n) is 11.1. The normalized spacial score (nSPS) is 11.5. The number of anilines is 1. The number of rotatable bonds is 5. The molecule has 0 amide bonds. The van der Waals surface area contributed by atoms with Crippen LogP contribution in [0.3, 0.4) is 0 Å². The number of nitrogens with zero attached hydrogens (tertiary/aromatic N) is 3. The van der Waals surface area contributed by atoms with Crippen LogP contribution >= 0.6 is 15.9 Å². The second-order valence-corrected chi connectivity index (χ2v) is 4.91. The van der Waals surface area contributed by atoms with Gasteiger partial charge in [0.1, 0.15) is 5.82 Å². The van der Waals surface area contributed by atoms with Crippen LogP contribution in [0, 0.1) is 5.82 Å². The summed E-state index contributed by atoms with van der Waals surface area (Å²) in [5, 5.41) is 19.6. The first kappa shape index (κ1) is 15.4. The highest BCUT2D eigenvalue weighted by molar-refractivity contribution is 9.10. The lowest BCUT2D eigenvalue weighted by molar-refractivity contribution is 0.234. The molecule has 0 atom stereocenters. The minimum atomic E-state index is -0.402. The Hall–Kier alpha value is -2.00. The summed E-state index contributed by atoms with van der Waals surface area (Å²) >= 11 is 3.07. The number of hydrogen-bond donors (Lipinski definition) is 3. The van der Waals surface area contributed by atoms with Gasteiger partial charge in [-0.3, -0.25) is 10.7 Å². The lowest BCUT2D eigenvalue weighted by atomic mass is 10.3. The van der Waals surface area contributed by atoms with E-state index in [-0.39, 0.29) is 16.0 Å². The van der Waals surface area contributed by atoms with Crippen LogP contribution in [0.1, 0.15) is 19.0 Å². The first-order valence-electron chi connectivity index (χ1n) is 6.16. The SMILES string of the molecule is CCCNc1nonc1C(=Nc1ccc(F)c(Br)c1)NO. The van der Waals surface area contributed by atoms with Crippen LogP contribution in [0.25, 0.3) is 0 Å². The van der Waals surface area contributed by atoms with Gasteiger partial charge in [0.15, 0.2) is 11.5 Å². The summed E-state index contributed by atoms with van der Waals surface area (Å²) in [4.78, 5) is 4.15. The Balaban J connectivity index is 2.32. The number of hydroxylamine groups is 1. The summed E-state index contributed by atoms with van der Waals surface area (Å²) in [6.07, 6.45) is 0.885. The fourth-order valence-corrected chi connectivity index (χ4v) is 1.88. The minimum Gasteiger partial charge on any atom is -0.365 e. The molecule has 3 N–H and O–H groups in total. The van der Waals surface area contributed by atoms with Crippen molar-refractivity contribution in [2.24, 2.45) is 4.99 Å². The summed E-state index contributed by atoms with van der Waals surface area (Å²) in [6, 6.07) is 4.19. The molecule has 0 aliphatic heterocycles. The molecule has 0 saturated carbocycles. The van der Waals surface area contributed by atoms with E-state index in [0.717, 1.165) is 6.42 Å². The summed E-state index contributed by atoms with van der Waals surface area (Å²) in [5.74, 6) is -0.00690. The van der Waals surface area contributed by atoms with Gasteiger partial charge >= 0.3 is 0 Å². The van der Waals surface area contributed by atoms with E-state index >= 15 is 0 Å². The van der Waals surface area contributed by atoms with Gasteiger partial charge in [-0.05, 0) is 50.9 Å². The van der Waals surface area contributed by atoms with Crippen molar-refractivity contribution in [2.75, 3.05) is 11.9 Å². The fourth-order valence-electron chi connectivity index (χ4n) is 1.52. The number of aliphatic imine (C=N–C) groups is 1. The van der Waals surface area contributed by atoms with Gasteiger partial charge in [-0.25, -0.2) is 14.0 Å². The van der Waals surface area contributed by atoms with E-state index in [1.54, 1.807) is 0 Å². The van der Waals surface area contributed by atoms with Crippen molar-refractivity contribution < 1.29 is 14.2 Å². The summed E-state index contributed by atoms with van der Waals surface area (Å²) < 4.78 is 18.1. The van der Waals surface area contributed by atoms with Gasteiger partial charge in [-0.15, -0.1) is 0 Å². The predicted octanol–water partition coefficient (Wildman–Crippen LogP) is 2.85. The second kappa shape index (κ2) is 7.14. The number of halogens is 2. The monoisotopic (exact) mass is 357 g/mol. The molecule has 0 fully saturated rings. The topological polar surface area (TPSA) is 95.6 Å². The molecule has 0 saturated heterocycles. The molecular weight excluding hydrogens is 345 g/mol. The number of nitrogens with one attached hydrogen (secondary N) is 2. The number of hydrogen-bond acceptors (Lipinski definition) is 6. The van der Waals surface area contributed by atoms with E-state index in [2.05, 4.69) is 41.2 Å². The minimum absolute atomic E-state index is 0.0355. The highest BCUT2D eigenvalue weighted by atomic mass is 79.9. The van der Waals surface area contributed by atoms with Gasteiger partial charge < -0.3 is 5.32 Å². The molecule has 0 radical (unpaired) electrons. The molecule has 2 rings (SSSR count). The van der Waals surface area contributed by atoms with E-state index in [4.69, 9.17) is 0 Å². The predicted molar refractivity (Wildman–Crippen MR) is 78.3 cm³/mol. The van der Waals surface area contributed by atoms with Gasteiger partial charge in [0.25, 0.3) is 0 Å². The van der Waals surface area contributed by atoms with Crippen LogP contribution < -0.4 is 10.8 Å². The van der Waals surface area contributed by atoms with E-state index < -0.39 is 5.82 Å². The fraction of sp³-hybridized carbons (Fsp3) is 0.250. The molecule has 0 aliphatic carbocycles. The molecule has 9 heteroatoms. The maximum absolute atomic E-state index is 13.2. The van der Waals surface area contributed by atoms with Gasteiger partial charge in [0.2, 0.25) is 5.82 Å².